The molecule has 0 aliphatic rings. The number of imidazole rings is 1. The number of hydrogen-bond donors (Lipinski definition) is 4. The lowest BCUT2D eigenvalue weighted by molar-refractivity contribution is 0.414. The van der Waals surface area contributed by atoms with E-state index in [-0.39, 0.29) is 0 Å². The Hall–Kier alpha value is -1.99. The van der Waals surface area contributed by atoms with Gasteiger partial charge in [0.2, 0.25) is 0 Å². The zero-order chi connectivity index (χ0) is 14.6. The van der Waals surface area contributed by atoms with Crippen LogP contribution in [-0.4, -0.2) is 21.4 Å². The van der Waals surface area contributed by atoms with E-state index in [1.54, 1.807) is 35.1 Å². The maximum absolute atomic E-state index is 5.75. The van der Waals surface area contributed by atoms with Crippen molar-refractivity contribution in [2.45, 2.75) is 11.8 Å². The van der Waals surface area contributed by atoms with Crippen molar-refractivity contribution in [3.8, 4) is 0 Å². The first-order valence-electron chi connectivity index (χ1n) is 5.65. The molecule has 0 fully saturated rings. The van der Waals surface area contributed by atoms with E-state index < -0.39 is 11.8 Å². The molecule has 1 aromatic rings. The fourth-order valence-electron chi connectivity index (χ4n) is 1.48. The first kappa shape index (κ1) is 15.1. The average molecular weight is 260 g/mol. The number of aromatic nitrogens is 2. The number of rotatable bonds is 6. The molecular formula is C13H20N6. The van der Waals surface area contributed by atoms with E-state index in [0.29, 0.717) is 11.5 Å². The quantitative estimate of drug-likeness (QED) is 0.542. The van der Waals surface area contributed by atoms with Gasteiger partial charge in [0.05, 0.1) is 17.4 Å². The molecule has 0 radical (unpaired) electrons. The Morgan fingerprint density at radius 1 is 1.11 bits per heavy atom. The lowest BCUT2D eigenvalue weighted by Crippen LogP contribution is -2.68. The summed E-state index contributed by atoms with van der Waals surface area (Å²) in [5, 5.41) is 0. The molecular weight excluding hydrogens is 240 g/mol. The van der Waals surface area contributed by atoms with Crippen molar-refractivity contribution in [3.63, 3.8) is 0 Å². The molecule has 8 N–H and O–H groups in total. The highest BCUT2D eigenvalue weighted by atomic mass is 15.2. The van der Waals surface area contributed by atoms with Crippen molar-refractivity contribution in [2.24, 2.45) is 22.9 Å². The third-order valence-electron chi connectivity index (χ3n) is 2.59. The first-order chi connectivity index (χ1) is 8.85. The number of nitrogens with two attached hydrogens (primary N) is 4. The second-order valence-corrected chi connectivity index (χ2v) is 4.09. The third kappa shape index (κ3) is 3.27. The summed E-state index contributed by atoms with van der Waals surface area (Å²) in [7, 11) is 0. The summed E-state index contributed by atoms with van der Waals surface area (Å²) in [6, 6.07) is -0.711. The van der Waals surface area contributed by atoms with Gasteiger partial charge in [0.1, 0.15) is 11.6 Å². The molecule has 0 aromatic carbocycles. The molecule has 1 heterocycles. The van der Waals surface area contributed by atoms with Crippen molar-refractivity contribution < 1.29 is 0 Å². The minimum atomic E-state index is -1.49. The van der Waals surface area contributed by atoms with Crippen LogP contribution in [0.3, 0.4) is 0 Å². The molecule has 1 rings (SSSR count). The van der Waals surface area contributed by atoms with Gasteiger partial charge in [-0.2, -0.15) is 0 Å². The summed E-state index contributed by atoms with van der Waals surface area (Å²) < 4.78 is 1.75. The molecule has 1 atom stereocenters. The second-order valence-electron chi connectivity index (χ2n) is 4.09. The Morgan fingerprint density at radius 3 is 2.16 bits per heavy atom. The predicted molar refractivity (Wildman–Crippen MR) is 81.1 cm³/mol. The minimum Gasteiger partial charge on any atom is -0.321 e. The standard InChI is InChI=1S/C13H20N6/c1-4-9-10(5-2)19(12(6-3)18-9)8-7-11(14)13(15,16)17/h4-8,11H,1-3,14-17H2. The van der Waals surface area contributed by atoms with Crippen LogP contribution in [0, 0.1) is 0 Å². The van der Waals surface area contributed by atoms with Crippen molar-refractivity contribution in [1.82, 2.24) is 9.55 Å². The third-order valence-corrected chi connectivity index (χ3v) is 2.59. The first-order valence-corrected chi connectivity index (χ1v) is 5.65. The van der Waals surface area contributed by atoms with Crippen LogP contribution >= 0.6 is 0 Å². The van der Waals surface area contributed by atoms with Crippen molar-refractivity contribution in [1.29, 1.82) is 0 Å². The van der Waals surface area contributed by atoms with Crippen LogP contribution in [0.15, 0.2) is 25.8 Å². The fraction of sp³-hybridized carbons (Fsp3) is 0.154. The van der Waals surface area contributed by atoms with E-state index in [1.165, 1.54) is 0 Å². The molecule has 0 bridgehead atoms. The van der Waals surface area contributed by atoms with Crippen molar-refractivity contribution in [2.75, 3.05) is 0 Å². The Labute approximate surface area is 112 Å². The maximum Gasteiger partial charge on any atom is 0.137 e. The molecule has 0 saturated heterocycles. The van der Waals surface area contributed by atoms with Crippen LogP contribution in [0.2, 0.25) is 0 Å². The monoisotopic (exact) mass is 260 g/mol. The molecule has 0 saturated carbocycles. The molecule has 6 heteroatoms. The van der Waals surface area contributed by atoms with Gasteiger partial charge in [-0.05, 0) is 24.3 Å². The van der Waals surface area contributed by atoms with E-state index in [0.717, 1.165) is 5.69 Å². The summed E-state index contributed by atoms with van der Waals surface area (Å²) in [5.74, 6) is -0.856. The van der Waals surface area contributed by atoms with Gasteiger partial charge in [-0.3, -0.25) is 21.8 Å². The van der Waals surface area contributed by atoms with E-state index in [9.17, 15) is 0 Å². The summed E-state index contributed by atoms with van der Waals surface area (Å²) >= 11 is 0. The largest absolute Gasteiger partial charge is 0.321 e. The minimum absolute atomic E-state index is 0.630. The molecule has 19 heavy (non-hydrogen) atoms. The van der Waals surface area contributed by atoms with Crippen LogP contribution in [0.1, 0.15) is 17.2 Å². The van der Waals surface area contributed by atoms with Gasteiger partial charge in [0, 0.05) is 6.20 Å². The van der Waals surface area contributed by atoms with Crippen LogP contribution in [0.25, 0.3) is 24.4 Å². The summed E-state index contributed by atoms with van der Waals surface area (Å²) in [4.78, 5) is 4.33. The molecule has 1 aromatic heterocycles. The number of hydrogen-bond acceptors (Lipinski definition) is 5. The van der Waals surface area contributed by atoms with E-state index in [4.69, 9.17) is 22.9 Å². The van der Waals surface area contributed by atoms with Crippen LogP contribution in [-0.2, 0) is 0 Å². The molecule has 102 valence electrons. The van der Waals surface area contributed by atoms with Gasteiger partial charge in [0.15, 0.2) is 0 Å². The van der Waals surface area contributed by atoms with Gasteiger partial charge < -0.3 is 5.73 Å². The van der Waals surface area contributed by atoms with Crippen LogP contribution in [0.4, 0.5) is 0 Å². The van der Waals surface area contributed by atoms with Gasteiger partial charge in [-0.25, -0.2) is 4.98 Å². The smallest absolute Gasteiger partial charge is 0.137 e. The van der Waals surface area contributed by atoms with Gasteiger partial charge >= 0.3 is 0 Å². The Morgan fingerprint density at radius 2 is 1.74 bits per heavy atom. The normalized spacial score (nSPS) is 13.5. The lowest BCUT2D eigenvalue weighted by Gasteiger charge is -2.23. The predicted octanol–water partition coefficient (Wildman–Crippen LogP) is 0.140. The van der Waals surface area contributed by atoms with Crippen molar-refractivity contribution >= 4 is 24.4 Å². The zero-order valence-electron chi connectivity index (χ0n) is 10.8. The highest BCUT2D eigenvalue weighted by molar-refractivity contribution is 5.64. The zero-order valence-corrected chi connectivity index (χ0v) is 10.8. The van der Waals surface area contributed by atoms with E-state index in [2.05, 4.69) is 24.7 Å². The van der Waals surface area contributed by atoms with Gasteiger partial charge in [0.25, 0.3) is 0 Å². The SMILES string of the molecule is C=Cc1nc(C=C)n(C=CC(N)C(N)(N)N)c1C=C. The number of nitrogens with zero attached hydrogens (tertiary/aromatic N) is 2. The topological polar surface area (TPSA) is 122 Å². The summed E-state index contributed by atoms with van der Waals surface area (Å²) in [6.07, 6.45) is 8.17. The molecule has 0 amide bonds. The maximum atomic E-state index is 5.75. The molecule has 6 nitrogen and oxygen atoms in total. The molecule has 0 aliphatic heterocycles. The highest BCUT2D eigenvalue weighted by Gasteiger charge is 2.20. The Kier molecular flexibility index (Phi) is 4.57. The van der Waals surface area contributed by atoms with E-state index >= 15 is 0 Å². The molecule has 0 aliphatic carbocycles. The Bertz CT molecular complexity index is 518. The van der Waals surface area contributed by atoms with Gasteiger partial charge in [-0.1, -0.05) is 19.7 Å². The Balaban J connectivity index is 3.23. The molecule has 1 unspecified atom stereocenters. The highest BCUT2D eigenvalue weighted by Crippen LogP contribution is 2.16. The van der Waals surface area contributed by atoms with Crippen molar-refractivity contribution in [3.05, 3.63) is 43.0 Å². The van der Waals surface area contributed by atoms with Gasteiger partial charge in [-0.15, -0.1) is 0 Å². The fourth-order valence-corrected chi connectivity index (χ4v) is 1.48. The second kappa shape index (κ2) is 5.77. The average Bonchev–Trinajstić information content (AvgIpc) is 2.71. The van der Waals surface area contributed by atoms with Crippen LogP contribution in [0.5, 0.6) is 0 Å². The summed E-state index contributed by atoms with van der Waals surface area (Å²) in [5.41, 5.74) is 23.8. The van der Waals surface area contributed by atoms with E-state index in [1.807, 2.05) is 0 Å². The molecule has 0 spiro atoms. The van der Waals surface area contributed by atoms with Crippen LogP contribution < -0.4 is 22.9 Å². The summed E-state index contributed by atoms with van der Waals surface area (Å²) in [6.45, 7) is 11.1. The lowest BCUT2D eigenvalue weighted by atomic mass is 10.2.